The summed E-state index contributed by atoms with van der Waals surface area (Å²) in [6.07, 6.45) is 0.742. The highest BCUT2D eigenvalue weighted by molar-refractivity contribution is 9.10. The lowest BCUT2D eigenvalue weighted by Gasteiger charge is -2.17. The minimum Gasteiger partial charge on any atom is -0.313 e. The molecule has 0 spiro atoms. The van der Waals surface area contributed by atoms with Crippen LogP contribution in [0.15, 0.2) is 22.7 Å². The zero-order valence-electron chi connectivity index (χ0n) is 10.3. The Balaban J connectivity index is 2.67. The highest BCUT2D eigenvalue weighted by atomic mass is 79.9. The highest BCUT2D eigenvalue weighted by Crippen LogP contribution is 2.18. The Labute approximate surface area is 116 Å². The molecule has 0 saturated heterocycles. The molecule has 96 valence electrons. The fraction of sp³-hybridized carbons (Fsp3) is 0.538. The fourth-order valence-corrected chi connectivity index (χ4v) is 2.87. The monoisotopic (exact) mass is 319 g/mol. The van der Waals surface area contributed by atoms with Gasteiger partial charge >= 0.3 is 0 Å². The van der Waals surface area contributed by atoms with Gasteiger partial charge in [0.15, 0.2) is 0 Å². The van der Waals surface area contributed by atoms with Gasteiger partial charge in [-0.1, -0.05) is 29.8 Å². The quantitative estimate of drug-likeness (QED) is 0.819. The van der Waals surface area contributed by atoms with Crippen molar-refractivity contribution in [3.05, 3.63) is 34.1 Å². The van der Waals surface area contributed by atoms with E-state index in [1.54, 1.807) is 6.07 Å². The first-order valence-electron chi connectivity index (χ1n) is 5.92. The first-order chi connectivity index (χ1) is 8.17. The number of benzene rings is 1. The van der Waals surface area contributed by atoms with Crippen LogP contribution < -0.4 is 5.32 Å². The molecular weight excluding hydrogens is 301 g/mol. The van der Waals surface area contributed by atoms with Gasteiger partial charge in [0.25, 0.3) is 0 Å². The SMILES string of the molecule is CCNC(CSCC)Cc1cc(Br)ccc1F. The lowest BCUT2D eigenvalue weighted by atomic mass is 10.1. The van der Waals surface area contributed by atoms with Crippen molar-refractivity contribution in [2.75, 3.05) is 18.1 Å². The van der Waals surface area contributed by atoms with E-state index < -0.39 is 0 Å². The number of likely N-dealkylation sites (N-methyl/N-ethyl adjacent to an activating group) is 1. The lowest BCUT2D eigenvalue weighted by Crippen LogP contribution is -2.33. The van der Waals surface area contributed by atoms with Crippen molar-refractivity contribution in [3.63, 3.8) is 0 Å². The molecule has 0 aliphatic carbocycles. The number of halogens is 2. The van der Waals surface area contributed by atoms with Gasteiger partial charge < -0.3 is 5.32 Å². The standard InChI is InChI=1S/C13H19BrFNS/c1-3-16-12(9-17-4-2)8-10-7-11(14)5-6-13(10)15/h5-7,12,16H,3-4,8-9H2,1-2H3. The molecule has 1 aromatic carbocycles. The van der Waals surface area contributed by atoms with Crippen LogP contribution in [0.25, 0.3) is 0 Å². The Kier molecular flexibility index (Phi) is 7.16. The van der Waals surface area contributed by atoms with Crippen LogP contribution in [0.2, 0.25) is 0 Å². The Morgan fingerprint density at radius 3 is 2.82 bits per heavy atom. The summed E-state index contributed by atoms with van der Waals surface area (Å²) in [5.74, 6) is 2.01. The normalized spacial score (nSPS) is 12.7. The van der Waals surface area contributed by atoms with Crippen LogP contribution >= 0.6 is 27.7 Å². The number of hydrogen-bond acceptors (Lipinski definition) is 2. The average Bonchev–Trinajstić information content (AvgIpc) is 2.31. The predicted molar refractivity (Wildman–Crippen MR) is 78.3 cm³/mol. The summed E-state index contributed by atoms with van der Waals surface area (Å²) in [5, 5.41) is 3.41. The van der Waals surface area contributed by atoms with E-state index in [9.17, 15) is 4.39 Å². The minimum atomic E-state index is -0.113. The summed E-state index contributed by atoms with van der Waals surface area (Å²) in [4.78, 5) is 0. The van der Waals surface area contributed by atoms with Gasteiger partial charge in [0.05, 0.1) is 0 Å². The van der Waals surface area contributed by atoms with Crippen LogP contribution in [-0.4, -0.2) is 24.1 Å². The van der Waals surface area contributed by atoms with E-state index in [0.29, 0.717) is 6.04 Å². The number of nitrogens with one attached hydrogen (secondary N) is 1. The summed E-state index contributed by atoms with van der Waals surface area (Å²) in [7, 11) is 0. The smallest absolute Gasteiger partial charge is 0.126 e. The summed E-state index contributed by atoms with van der Waals surface area (Å²) in [6.45, 7) is 5.15. The van der Waals surface area contributed by atoms with E-state index >= 15 is 0 Å². The molecule has 1 nitrogen and oxygen atoms in total. The molecule has 17 heavy (non-hydrogen) atoms. The van der Waals surface area contributed by atoms with E-state index in [-0.39, 0.29) is 5.82 Å². The fourth-order valence-electron chi connectivity index (χ4n) is 1.70. The molecule has 0 heterocycles. The van der Waals surface area contributed by atoms with Crippen LogP contribution in [0.3, 0.4) is 0 Å². The van der Waals surface area contributed by atoms with Crippen molar-refractivity contribution < 1.29 is 4.39 Å². The second-order valence-electron chi connectivity index (χ2n) is 3.85. The molecule has 0 fully saturated rings. The summed E-state index contributed by atoms with van der Waals surface area (Å²) in [5.41, 5.74) is 0.780. The van der Waals surface area contributed by atoms with Crippen molar-refractivity contribution in [2.45, 2.75) is 26.3 Å². The average molecular weight is 320 g/mol. The van der Waals surface area contributed by atoms with Crippen LogP contribution in [0.5, 0.6) is 0 Å². The molecule has 4 heteroatoms. The molecule has 0 bridgehead atoms. The Morgan fingerprint density at radius 1 is 1.41 bits per heavy atom. The van der Waals surface area contributed by atoms with Gasteiger partial charge in [-0.05, 0) is 42.5 Å². The summed E-state index contributed by atoms with van der Waals surface area (Å²) < 4.78 is 14.6. The topological polar surface area (TPSA) is 12.0 Å². The first-order valence-corrected chi connectivity index (χ1v) is 7.87. The maximum Gasteiger partial charge on any atom is 0.126 e. The van der Waals surface area contributed by atoms with Gasteiger partial charge in [0, 0.05) is 16.3 Å². The van der Waals surface area contributed by atoms with Crippen LogP contribution in [0.1, 0.15) is 19.4 Å². The molecule has 1 atom stereocenters. The van der Waals surface area contributed by atoms with E-state index in [1.165, 1.54) is 6.07 Å². The molecule has 0 aliphatic rings. The lowest BCUT2D eigenvalue weighted by molar-refractivity contribution is 0.545. The number of thioether (sulfide) groups is 1. The molecule has 1 aromatic rings. The third-order valence-electron chi connectivity index (χ3n) is 2.49. The van der Waals surface area contributed by atoms with E-state index in [1.807, 2.05) is 17.8 Å². The van der Waals surface area contributed by atoms with Crippen LogP contribution in [-0.2, 0) is 6.42 Å². The van der Waals surface area contributed by atoms with E-state index in [4.69, 9.17) is 0 Å². The summed E-state index contributed by atoms with van der Waals surface area (Å²) >= 11 is 5.27. The van der Waals surface area contributed by atoms with Gasteiger partial charge in [0.2, 0.25) is 0 Å². The molecule has 0 amide bonds. The Morgan fingerprint density at radius 2 is 2.18 bits per heavy atom. The first kappa shape index (κ1) is 15.0. The molecule has 0 radical (unpaired) electrons. The Bertz CT molecular complexity index is 346. The van der Waals surface area contributed by atoms with Gasteiger partial charge in [-0.3, -0.25) is 0 Å². The van der Waals surface area contributed by atoms with E-state index in [0.717, 1.165) is 34.5 Å². The minimum absolute atomic E-state index is 0.113. The highest BCUT2D eigenvalue weighted by Gasteiger charge is 2.11. The molecule has 1 N–H and O–H groups in total. The van der Waals surface area contributed by atoms with Crippen molar-refractivity contribution >= 4 is 27.7 Å². The second kappa shape index (κ2) is 8.11. The molecular formula is C13H19BrFNS. The van der Waals surface area contributed by atoms with Gasteiger partial charge in [-0.15, -0.1) is 0 Å². The maximum atomic E-state index is 13.6. The number of hydrogen-bond donors (Lipinski definition) is 1. The third kappa shape index (κ3) is 5.40. The molecule has 0 saturated carbocycles. The predicted octanol–water partition coefficient (Wildman–Crippen LogP) is 3.86. The third-order valence-corrected chi connectivity index (χ3v) is 4.03. The van der Waals surface area contributed by atoms with Gasteiger partial charge in [-0.2, -0.15) is 11.8 Å². The van der Waals surface area contributed by atoms with Crippen molar-refractivity contribution in [1.29, 1.82) is 0 Å². The van der Waals surface area contributed by atoms with Gasteiger partial charge in [-0.25, -0.2) is 4.39 Å². The zero-order valence-corrected chi connectivity index (χ0v) is 12.7. The van der Waals surface area contributed by atoms with Crippen molar-refractivity contribution in [1.82, 2.24) is 5.32 Å². The van der Waals surface area contributed by atoms with E-state index in [2.05, 4.69) is 35.1 Å². The summed E-state index contributed by atoms with van der Waals surface area (Å²) in [6, 6.07) is 5.47. The van der Waals surface area contributed by atoms with Gasteiger partial charge in [0.1, 0.15) is 5.82 Å². The van der Waals surface area contributed by atoms with Crippen molar-refractivity contribution in [2.24, 2.45) is 0 Å². The zero-order chi connectivity index (χ0) is 12.7. The van der Waals surface area contributed by atoms with Crippen LogP contribution in [0.4, 0.5) is 4.39 Å². The molecule has 1 rings (SSSR count). The molecule has 0 aliphatic heterocycles. The maximum absolute atomic E-state index is 13.6. The molecule has 0 aromatic heterocycles. The second-order valence-corrected chi connectivity index (χ2v) is 6.09. The number of rotatable bonds is 7. The molecule has 1 unspecified atom stereocenters. The largest absolute Gasteiger partial charge is 0.313 e. The van der Waals surface area contributed by atoms with Crippen molar-refractivity contribution in [3.8, 4) is 0 Å². The van der Waals surface area contributed by atoms with Crippen LogP contribution in [0, 0.1) is 5.82 Å². The Hall–Kier alpha value is -0.0600.